The molecule has 0 aliphatic rings. The first kappa shape index (κ1) is 7.82. The first-order valence-electron chi connectivity index (χ1n) is 2.35. The van der Waals surface area contributed by atoms with Crippen molar-refractivity contribution < 1.29 is 9.59 Å². The number of carbonyl (C=O) groups is 2. The molecule has 0 heterocycles. The van der Waals surface area contributed by atoms with Crippen molar-refractivity contribution in [2.45, 2.75) is 12.8 Å². The second-order valence-corrected chi connectivity index (χ2v) is 2.17. The average molecular weight is 179 g/mol. The quantitative estimate of drug-likeness (QED) is 0.365. The molecule has 0 unspecified atom stereocenters. The molecule has 46 valence electrons. The van der Waals surface area contributed by atoms with E-state index < -0.39 is 0 Å². The van der Waals surface area contributed by atoms with Gasteiger partial charge in [-0.3, -0.25) is 9.59 Å². The van der Waals surface area contributed by atoms with E-state index in [1.807, 2.05) is 0 Å². The molecule has 0 aromatic carbocycles. The van der Waals surface area contributed by atoms with E-state index in [0.717, 1.165) is 11.8 Å². The maximum atomic E-state index is 10.2. The predicted octanol–water partition coefficient (Wildman–Crippen LogP) is 0.929. The SMILES string of the molecule is O=CC(=O)CCCBr. The topological polar surface area (TPSA) is 34.1 Å². The minimum Gasteiger partial charge on any atom is -0.295 e. The third-order valence-electron chi connectivity index (χ3n) is 0.688. The number of alkyl halides is 1. The maximum absolute atomic E-state index is 10.2. The number of Topliss-reactive ketones (excluding diaryl/α,β-unsaturated/α-hetero) is 1. The molecule has 0 N–H and O–H groups in total. The van der Waals surface area contributed by atoms with Crippen LogP contribution in [0, 0.1) is 0 Å². The molecule has 0 rings (SSSR count). The third kappa shape index (κ3) is 3.99. The van der Waals surface area contributed by atoms with Gasteiger partial charge in [0, 0.05) is 11.8 Å². The Morgan fingerprint density at radius 3 is 2.62 bits per heavy atom. The van der Waals surface area contributed by atoms with Crippen LogP contribution in [0.1, 0.15) is 12.8 Å². The van der Waals surface area contributed by atoms with Gasteiger partial charge < -0.3 is 0 Å². The molecule has 0 aliphatic carbocycles. The van der Waals surface area contributed by atoms with Crippen LogP contribution >= 0.6 is 15.9 Å². The van der Waals surface area contributed by atoms with E-state index in [0.29, 0.717) is 12.7 Å². The molecule has 0 aromatic heterocycles. The Morgan fingerprint density at radius 2 is 2.25 bits per heavy atom. The van der Waals surface area contributed by atoms with Crippen LogP contribution in [-0.4, -0.2) is 17.4 Å². The Morgan fingerprint density at radius 1 is 1.62 bits per heavy atom. The molecule has 3 heteroatoms. The molecule has 0 aliphatic heterocycles. The summed E-state index contributed by atoms with van der Waals surface area (Å²) >= 11 is 3.14. The molecule has 2 nitrogen and oxygen atoms in total. The lowest BCUT2D eigenvalue weighted by Crippen LogP contribution is -1.97. The van der Waals surface area contributed by atoms with Gasteiger partial charge in [0.25, 0.3) is 0 Å². The standard InChI is InChI=1S/C5H7BrO2/c6-3-1-2-5(8)4-7/h4H,1-3H2. The van der Waals surface area contributed by atoms with E-state index in [1.54, 1.807) is 0 Å². The van der Waals surface area contributed by atoms with E-state index in [2.05, 4.69) is 15.9 Å². The van der Waals surface area contributed by atoms with Crippen LogP contribution in [0.15, 0.2) is 0 Å². The fraction of sp³-hybridized carbons (Fsp3) is 0.600. The van der Waals surface area contributed by atoms with Crippen LogP contribution in [0.2, 0.25) is 0 Å². The summed E-state index contributed by atoms with van der Waals surface area (Å²) in [4.78, 5) is 19.8. The van der Waals surface area contributed by atoms with E-state index >= 15 is 0 Å². The van der Waals surface area contributed by atoms with Gasteiger partial charge in [0.2, 0.25) is 0 Å². The Balaban J connectivity index is 3.11. The highest BCUT2D eigenvalue weighted by Gasteiger charge is 1.94. The summed E-state index contributed by atoms with van der Waals surface area (Å²) in [6.07, 6.45) is 1.48. The first-order chi connectivity index (χ1) is 3.81. The number of aldehydes is 1. The smallest absolute Gasteiger partial charge is 0.195 e. The van der Waals surface area contributed by atoms with Crippen LogP contribution in [0.25, 0.3) is 0 Å². The number of hydrogen-bond acceptors (Lipinski definition) is 2. The molecule has 0 amide bonds. The highest BCUT2D eigenvalue weighted by Crippen LogP contribution is 1.92. The molecule has 8 heavy (non-hydrogen) atoms. The van der Waals surface area contributed by atoms with Gasteiger partial charge in [0.1, 0.15) is 0 Å². The van der Waals surface area contributed by atoms with E-state index in [-0.39, 0.29) is 5.78 Å². The highest BCUT2D eigenvalue weighted by atomic mass is 79.9. The lowest BCUT2D eigenvalue weighted by atomic mass is 10.2. The number of carbonyl (C=O) groups excluding carboxylic acids is 2. The normalized spacial score (nSPS) is 8.62. The molecule has 0 fully saturated rings. The second-order valence-electron chi connectivity index (χ2n) is 1.38. The Kier molecular flexibility index (Phi) is 4.85. The monoisotopic (exact) mass is 178 g/mol. The van der Waals surface area contributed by atoms with Crippen molar-refractivity contribution >= 4 is 28.0 Å². The predicted molar refractivity (Wildman–Crippen MR) is 34.1 cm³/mol. The molecule has 0 spiro atoms. The van der Waals surface area contributed by atoms with Crippen LogP contribution in [-0.2, 0) is 9.59 Å². The van der Waals surface area contributed by atoms with Crippen molar-refractivity contribution in [3.63, 3.8) is 0 Å². The van der Waals surface area contributed by atoms with Crippen molar-refractivity contribution in [3.05, 3.63) is 0 Å². The molecule has 0 bridgehead atoms. The molecule has 0 atom stereocenters. The zero-order valence-corrected chi connectivity index (χ0v) is 5.98. The zero-order valence-electron chi connectivity index (χ0n) is 4.39. The number of hydrogen-bond donors (Lipinski definition) is 0. The van der Waals surface area contributed by atoms with Crippen molar-refractivity contribution in [1.29, 1.82) is 0 Å². The van der Waals surface area contributed by atoms with Crippen LogP contribution in [0.5, 0.6) is 0 Å². The second kappa shape index (κ2) is 4.97. The van der Waals surface area contributed by atoms with E-state index in [4.69, 9.17) is 0 Å². The summed E-state index contributed by atoms with van der Waals surface area (Å²) in [5.74, 6) is -0.315. The lowest BCUT2D eigenvalue weighted by molar-refractivity contribution is -0.129. The summed E-state index contributed by atoms with van der Waals surface area (Å²) in [6.45, 7) is 0. The Hall–Kier alpha value is -0.180. The number of ketones is 1. The Bertz CT molecular complexity index is 90.4. The fourth-order valence-corrected chi connectivity index (χ4v) is 0.580. The average Bonchev–Trinajstić information content (AvgIpc) is 1.83. The van der Waals surface area contributed by atoms with Gasteiger partial charge in [0.15, 0.2) is 12.1 Å². The molecule has 0 saturated heterocycles. The lowest BCUT2D eigenvalue weighted by Gasteiger charge is -1.84. The number of halogens is 1. The number of rotatable bonds is 4. The minimum absolute atomic E-state index is 0.315. The van der Waals surface area contributed by atoms with Gasteiger partial charge in [-0.1, -0.05) is 15.9 Å². The van der Waals surface area contributed by atoms with Crippen LogP contribution in [0.3, 0.4) is 0 Å². The van der Waals surface area contributed by atoms with Gasteiger partial charge in [-0.2, -0.15) is 0 Å². The fourth-order valence-electron chi connectivity index (χ4n) is 0.300. The summed E-state index contributed by atoms with van der Waals surface area (Å²) in [5, 5.41) is 0.784. The van der Waals surface area contributed by atoms with E-state index in [9.17, 15) is 9.59 Å². The minimum atomic E-state index is -0.315. The van der Waals surface area contributed by atoms with Crippen molar-refractivity contribution in [2.75, 3.05) is 5.33 Å². The molecule has 0 radical (unpaired) electrons. The van der Waals surface area contributed by atoms with Gasteiger partial charge in [0.05, 0.1) is 0 Å². The molecule has 0 aromatic rings. The van der Waals surface area contributed by atoms with Crippen molar-refractivity contribution in [2.24, 2.45) is 0 Å². The summed E-state index contributed by atoms with van der Waals surface area (Å²) in [6, 6.07) is 0. The van der Waals surface area contributed by atoms with Crippen LogP contribution in [0.4, 0.5) is 0 Å². The highest BCUT2D eigenvalue weighted by molar-refractivity contribution is 9.09. The van der Waals surface area contributed by atoms with Crippen LogP contribution < -0.4 is 0 Å². The molecular weight excluding hydrogens is 172 g/mol. The molecule has 0 saturated carbocycles. The largest absolute Gasteiger partial charge is 0.295 e. The summed E-state index contributed by atoms with van der Waals surface area (Å²) < 4.78 is 0. The van der Waals surface area contributed by atoms with Gasteiger partial charge in [-0.05, 0) is 6.42 Å². The molecular formula is C5H7BrO2. The van der Waals surface area contributed by atoms with E-state index in [1.165, 1.54) is 0 Å². The van der Waals surface area contributed by atoms with Gasteiger partial charge in [-0.15, -0.1) is 0 Å². The zero-order chi connectivity index (χ0) is 6.41. The summed E-state index contributed by atoms with van der Waals surface area (Å²) in [7, 11) is 0. The van der Waals surface area contributed by atoms with Gasteiger partial charge >= 0.3 is 0 Å². The maximum Gasteiger partial charge on any atom is 0.195 e. The van der Waals surface area contributed by atoms with Crippen molar-refractivity contribution in [3.8, 4) is 0 Å². The summed E-state index contributed by atoms with van der Waals surface area (Å²) in [5.41, 5.74) is 0. The third-order valence-corrected chi connectivity index (χ3v) is 1.25. The Labute approximate surface area is 56.4 Å². The van der Waals surface area contributed by atoms with Crippen molar-refractivity contribution in [1.82, 2.24) is 0 Å². The van der Waals surface area contributed by atoms with Gasteiger partial charge in [-0.25, -0.2) is 0 Å². The first-order valence-corrected chi connectivity index (χ1v) is 3.47.